The number of nitrogens with one attached hydrogen (secondary N) is 1. The van der Waals surface area contributed by atoms with E-state index in [-0.39, 0.29) is 0 Å². The third-order valence-corrected chi connectivity index (χ3v) is 6.31. The molecular formula is C24H21ClF3N3O2. The predicted molar refractivity (Wildman–Crippen MR) is 118 cm³/mol. The average molecular weight is 476 g/mol. The number of aromatic nitrogens is 2. The summed E-state index contributed by atoms with van der Waals surface area (Å²) in [5.74, 6) is -0.884. The van der Waals surface area contributed by atoms with Gasteiger partial charge in [0.25, 0.3) is 5.91 Å². The molecule has 1 atom stereocenters. The van der Waals surface area contributed by atoms with Crippen molar-refractivity contribution >= 4 is 17.5 Å². The second-order valence-corrected chi connectivity index (χ2v) is 8.48. The normalized spacial score (nSPS) is 16.4. The first kappa shape index (κ1) is 23.2. The lowest BCUT2D eigenvalue weighted by Gasteiger charge is -2.34. The van der Waals surface area contributed by atoms with Gasteiger partial charge >= 0.3 is 6.18 Å². The van der Waals surface area contributed by atoms with Crippen molar-refractivity contribution in [3.63, 3.8) is 0 Å². The molecule has 1 aliphatic rings. The van der Waals surface area contributed by atoms with Gasteiger partial charge in [0.05, 0.1) is 22.2 Å². The second-order valence-electron chi connectivity index (χ2n) is 8.10. The van der Waals surface area contributed by atoms with Crippen LogP contribution >= 0.6 is 11.6 Å². The van der Waals surface area contributed by atoms with E-state index in [1.807, 2.05) is 24.3 Å². The molecule has 0 aliphatic heterocycles. The minimum Gasteiger partial charge on any atom is -0.387 e. The summed E-state index contributed by atoms with van der Waals surface area (Å²) < 4.78 is 39.7. The van der Waals surface area contributed by atoms with Crippen LogP contribution in [0.4, 0.5) is 13.2 Å². The van der Waals surface area contributed by atoms with Gasteiger partial charge in [0, 0.05) is 18.6 Å². The van der Waals surface area contributed by atoms with Crippen LogP contribution < -0.4 is 5.32 Å². The fraction of sp³-hybridized carbons (Fsp3) is 0.292. The van der Waals surface area contributed by atoms with Crippen LogP contribution in [0.1, 0.15) is 53.3 Å². The molecule has 5 nitrogen and oxygen atoms in total. The molecule has 172 valence electrons. The largest absolute Gasteiger partial charge is 0.417 e. The molecule has 0 saturated heterocycles. The number of nitrogens with zero attached hydrogens (tertiary/aromatic N) is 2. The van der Waals surface area contributed by atoms with Crippen LogP contribution in [0.25, 0.3) is 11.1 Å². The molecule has 4 rings (SSSR count). The van der Waals surface area contributed by atoms with Crippen molar-refractivity contribution < 1.29 is 23.1 Å². The molecule has 1 aromatic carbocycles. The van der Waals surface area contributed by atoms with Crippen molar-refractivity contribution in [1.29, 1.82) is 0 Å². The smallest absolute Gasteiger partial charge is 0.387 e. The maximum Gasteiger partial charge on any atom is 0.417 e. The first-order chi connectivity index (χ1) is 15.7. The van der Waals surface area contributed by atoms with Gasteiger partial charge in [-0.2, -0.15) is 13.2 Å². The monoisotopic (exact) mass is 475 g/mol. The summed E-state index contributed by atoms with van der Waals surface area (Å²) in [6.07, 6.45) is 1.93. The highest BCUT2D eigenvalue weighted by atomic mass is 35.5. The summed E-state index contributed by atoms with van der Waals surface area (Å²) in [5, 5.41) is 13.3. The number of hydrogen-bond donors (Lipinski definition) is 2. The molecule has 0 bridgehead atoms. The molecule has 2 N–H and O–H groups in total. The fourth-order valence-corrected chi connectivity index (χ4v) is 4.57. The Balaban J connectivity index is 1.71. The molecular weight excluding hydrogens is 455 g/mol. The lowest BCUT2D eigenvalue weighted by Crippen LogP contribution is -2.44. The molecule has 2 aromatic heterocycles. The highest BCUT2D eigenvalue weighted by Gasteiger charge is 2.42. The zero-order chi connectivity index (χ0) is 23.6. The average Bonchev–Trinajstić information content (AvgIpc) is 3.24. The molecule has 33 heavy (non-hydrogen) atoms. The van der Waals surface area contributed by atoms with E-state index in [9.17, 15) is 23.1 Å². The van der Waals surface area contributed by atoms with Crippen molar-refractivity contribution in [2.24, 2.45) is 0 Å². The lowest BCUT2D eigenvalue weighted by atomic mass is 9.85. The van der Waals surface area contributed by atoms with Crippen LogP contribution in [0.3, 0.4) is 0 Å². The van der Waals surface area contributed by atoms with E-state index in [0.29, 0.717) is 18.4 Å². The molecule has 1 fully saturated rings. The SMILES string of the molecule is O=C(NC(c1cccc(-c2ccncc2)c1)C1(O)CCCC1)c1nccc(C(F)(F)F)c1Cl. The Morgan fingerprint density at radius 1 is 1.06 bits per heavy atom. The standard InChI is InChI=1S/C24H21ClF3N3O2/c25-19-18(24(26,27)28)8-13-30-20(19)22(32)31-21(23(33)9-1-2-10-23)17-5-3-4-16(14-17)15-6-11-29-12-7-15/h3-8,11-14,21,33H,1-2,9-10H2,(H,31,32). The maximum absolute atomic E-state index is 13.2. The Morgan fingerprint density at radius 3 is 2.42 bits per heavy atom. The van der Waals surface area contributed by atoms with E-state index >= 15 is 0 Å². The Morgan fingerprint density at radius 2 is 1.76 bits per heavy atom. The molecule has 9 heteroatoms. The highest BCUT2D eigenvalue weighted by Crippen LogP contribution is 2.41. The minimum atomic E-state index is -4.73. The summed E-state index contributed by atoms with van der Waals surface area (Å²) in [6.45, 7) is 0. The van der Waals surface area contributed by atoms with Gasteiger partial charge in [0.1, 0.15) is 5.69 Å². The van der Waals surface area contributed by atoms with E-state index in [1.165, 1.54) is 0 Å². The molecule has 1 amide bonds. The number of carbonyl (C=O) groups is 1. The van der Waals surface area contributed by atoms with Crippen LogP contribution in [0.5, 0.6) is 0 Å². The van der Waals surface area contributed by atoms with Crippen molar-refractivity contribution in [3.05, 3.63) is 82.9 Å². The van der Waals surface area contributed by atoms with Crippen LogP contribution in [0.2, 0.25) is 5.02 Å². The van der Waals surface area contributed by atoms with E-state index in [2.05, 4.69) is 15.3 Å². The van der Waals surface area contributed by atoms with Gasteiger partial charge in [-0.1, -0.05) is 42.6 Å². The van der Waals surface area contributed by atoms with Crippen molar-refractivity contribution in [1.82, 2.24) is 15.3 Å². The Hall–Kier alpha value is -2.97. The number of aliphatic hydroxyl groups is 1. The summed E-state index contributed by atoms with van der Waals surface area (Å²) >= 11 is 5.91. The van der Waals surface area contributed by atoms with Gasteiger partial charge in [-0.05, 0) is 53.8 Å². The van der Waals surface area contributed by atoms with Crippen molar-refractivity contribution in [3.8, 4) is 11.1 Å². The van der Waals surface area contributed by atoms with Gasteiger partial charge in [-0.15, -0.1) is 0 Å². The molecule has 0 radical (unpaired) electrons. The number of pyridine rings is 2. The molecule has 3 aromatic rings. The minimum absolute atomic E-state index is 0.446. The Kier molecular flexibility index (Phi) is 6.41. The van der Waals surface area contributed by atoms with Gasteiger partial charge in [-0.25, -0.2) is 4.98 Å². The number of rotatable bonds is 5. The first-order valence-electron chi connectivity index (χ1n) is 10.4. The quantitative estimate of drug-likeness (QED) is 0.504. The number of hydrogen-bond acceptors (Lipinski definition) is 4. The Labute approximate surface area is 193 Å². The number of carbonyl (C=O) groups excluding carboxylic acids is 1. The first-order valence-corrected chi connectivity index (χ1v) is 10.8. The van der Waals surface area contributed by atoms with E-state index in [4.69, 9.17) is 11.6 Å². The highest BCUT2D eigenvalue weighted by molar-refractivity contribution is 6.34. The Bertz CT molecular complexity index is 1150. The number of amides is 1. The van der Waals surface area contributed by atoms with E-state index in [1.54, 1.807) is 24.5 Å². The second kappa shape index (κ2) is 9.11. The molecule has 1 aliphatic carbocycles. The lowest BCUT2D eigenvalue weighted by molar-refractivity contribution is -0.137. The summed E-state index contributed by atoms with van der Waals surface area (Å²) in [6, 6.07) is 10.8. The van der Waals surface area contributed by atoms with Gasteiger partial charge < -0.3 is 10.4 Å². The number of benzene rings is 1. The van der Waals surface area contributed by atoms with Gasteiger partial charge in [0.15, 0.2) is 0 Å². The number of alkyl halides is 3. The van der Waals surface area contributed by atoms with Crippen LogP contribution in [0, 0.1) is 0 Å². The molecule has 2 heterocycles. The van der Waals surface area contributed by atoms with Crippen LogP contribution in [0.15, 0.2) is 61.1 Å². The molecule has 0 spiro atoms. The fourth-order valence-electron chi connectivity index (χ4n) is 4.27. The topological polar surface area (TPSA) is 75.1 Å². The van der Waals surface area contributed by atoms with E-state index in [0.717, 1.165) is 36.2 Å². The summed E-state index contributed by atoms with van der Waals surface area (Å²) in [7, 11) is 0. The summed E-state index contributed by atoms with van der Waals surface area (Å²) in [4.78, 5) is 20.8. The van der Waals surface area contributed by atoms with Gasteiger partial charge in [-0.3, -0.25) is 9.78 Å². The van der Waals surface area contributed by atoms with Crippen LogP contribution in [-0.2, 0) is 6.18 Å². The zero-order valence-corrected chi connectivity index (χ0v) is 18.2. The summed E-state index contributed by atoms with van der Waals surface area (Å²) in [5.41, 5.74) is -0.543. The third kappa shape index (κ3) is 4.86. The van der Waals surface area contributed by atoms with E-state index < -0.39 is 40.0 Å². The predicted octanol–water partition coefficient (Wildman–Crippen LogP) is 5.59. The molecule has 1 saturated carbocycles. The van der Waals surface area contributed by atoms with Crippen molar-refractivity contribution in [2.45, 2.75) is 43.5 Å². The number of halogens is 4. The third-order valence-electron chi connectivity index (χ3n) is 5.93. The van der Waals surface area contributed by atoms with Gasteiger partial charge in [0.2, 0.25) is 0 Å². The zero-order valence-electron chi connectivity index (χ0n) is 17.4. The van der Waals surface area contributed by atoms with Crippen molar-refractivity contribution in [2.75, 3.05) is 0 Å². The maximum atomic E-state index is 13.2. The molecule has 1 unspecified atom stereocenters. The van der Waals surface area contributed by atoms with Crippen LogP contribution in [-0.4, -0.2) is 26.6 Å².